The molecule has 2 N–H and O–H groups in total. The van der Waals surface area contributed by atoms with E-state index in [9.17, 15) is 13.2 Å². The highest BCUT2D eigenvalue weighted by molar-refractivity contribution is 7.90. The number of anilines is 1. The highest BCUT2D eigenvalue weighted by atomic mass is 32.2. The van der Waals surface area contributed by atoms with Crippen LogP contribution in [0, 0.1) is 0 Å². The molecule has 0 unspecified atom stereocenters. The average molecular weight is 397 g/mol. The zero-order valence-electron chi connectivity index (χ0n) is 15.8. The number of benzene rings is 2. The molecule has 0 saturated carbocycles. The molecule has 2 amide bonds. The van der Waals surface area contributed by atoms with Crippen LogP contribution >= 0.6 is 0 Å². The fourth-order valence-corrected chi connectivity index (χ4v) is 5.96. The molecule has 0 radical (unpaired) electrons. The van der Waals surface area contributed by atoms with Crippen LogP contribution in [0.2, 0.25) is 0 Å². The van der Waals surface area contributed by atoms with Crippen LogP contribution < -0.4 is 10.0 Å². The Morgan fingerprint density at radius 1 is 0.750 bits per heavy atom. The van der Waals surface area contributed by atoms with Crippen molar-refractivity contribution in [1.82, 2.24) is 4.72 Å². The van der Waals surface area contributed by atoms with Crippen molar-refractivity contribution in [2.45, 2.75) is 62.7 Å². The monoisotopic (exact) mass is 396 g/mol. The molecular formula is C22H24N2O3S. The van der Waals surface area contributed by atoms with Crippen molar-refractivity contribution in [1.29, 1.82) is 0 Å². The second-order valence-corrected chi connectivity index (χ2v) is 9.76. The number of amides is 2. The van der Waals surface area contributed by atoms with Crippen molar-refractivity contribution >= 4 is 21.7 Å². The zero-order chi connectivity index (χ0) is 19.3. The first-order valence-corrected chi connectivity index (χ1v) is 11.6. The fraction of sp³-hybridized carbons (Fsp3) is 0.409. The van der Waals surface area contributed by atoms with E-state index in [2.05, 4.69) is 16.1 Å². The maximum atomic E-state index is 12.7. The Morgan fingerprint density at radius 2 is 1.36 bits per heavy atom. The first-order valence-electron chi connectivity index (χ1n) is 10.1. The third-order valence-electron chi connectivity index (χ3n) is 6.32. The Hall–Kier alpha value is -2.34. The van der Waals surface area contributed by atoms with Gasteiger partial charge in [0.2, 0.25) is 0 Å². The van der Waals surface area contributed by atoms with Gasteiger partial charge in [-0.05, 0) is 103 Å². The predicted molar refractivity (Wildman–Crippen MR) is 108 cm³/mol. The Balaban J connectivity index is 1.40. The van der Waals surface area contributed by atoms with E-state index < -0.39 is 16.1 Å². The predicted octanol–water partition coefficient (Wildman–Crippen LogP) is 3.66. The number of sulfonamides is 1. The molecule has 0 aliphatic heterocycles. The van der Waals surface area contributed by atoms with Crippen LogP contribution in [-0.2, 0) is 48.5 Å². The molecule has 146 valence electrons. The summed E-state index contributed by atoms with van der Waals surface area (Å²) in [5.41, 5.74) is 8.11. The molecule has 0 heterocycles. The first-order chi connectivity index (χ1) is 13.5. The number of hydrogen-bond acceptors (Lipinski definition) is 3. The second kappa shape index (κ2) is 6.62. The lowest BCUT2D eigenvalue weighted by Crippen LogP contribution is -2.35. The average Bonchev–Trinajstić information content (AvgIpc) is 3.40. The molecule has 2 aromatic rings. The summed E-state index contributed by atoms with van der Waals surface area (Å²) in [6.45, 7) is 0. The van der Waals surface area contributed by atoms with Gasteiger partial charge in [-0.1, -0.05) is 12.1 Å². The number of fused-ring (bicyclic) bond motifs is 3. The highest BCUT2D eigenvalue weighted by Gasteiger charge is 2.26. The van der Waals surface area contributed by atoms with Gasteiger partial charge < -0.3 is 5.32 Å². The lowest BCUT2D eigenvalue weighted by atomic mass is 9.99. The molecule has 2 aromatic carbocycles. The summed E-state index contributed by atoms with van der Waals surface area (Å²) in [6.07, 6.45) is 9.06. The van der Waals surface area contributed by atoms with Crippen LogP contribution in [0.25, 0.3) is 0 Å². The van der Waals surface area contributed by atoms with Gasteiger partial charge in [0.05, 0.1) is 4.90 Å². The van der Waals surface area contributed by atoms with Crippen molar-refractivity contribution < 1.29 is 13.2 Å². The van der Waals surface area contributed by atoms with Crippen molar-refractivity contribution in [2.24, 2.45) is 0 Å². The molecule has 3 aliphatic carbocycles. The van der Waals surface area contributed by atoms with Gasteiger partial charge in [-0.3, -0.25) is 0 Å². The molecule has 0 aromatic heterocycles. The maximum absolute atomic E-state index is 12.7. The number of aryl methyl sites for hydroxylation is 4. The Bertz CT molecular complexity index is 1060. The number of rotatable bonds is 3. The Morgan fingerprint density at radius 3 is 2.07 bits per heavy atom. The van der Waals surface area contributed by atoms with Gasteiger partial charge in [-0.15, -0.1) is 0 Å². The SMILES string of the molecule is O=C(Nc1c2c(cc3c1CCC3)CCC2)NS(=O)(=O)c1ccc2c(c1)CCC2. The minimum atomic E-state index is -3.89. The molecule has 6 heteroatoms. The minimum absolute atomic E-state index is 0.159. The molecule has 5 rings (SSSR count). The Labute approximate surface area is 165 Å². The van der Waals surface area contributed by atoms with E-state index in [-0.39, 0.29) is 4.90 Å². The summed E-state index contributed by atoms with van der Waals surface area (Å²) in [5.74, 6) is 0. The standard InChI is InChI=1S/C22H24N2O3S/c25-22(24-28(26,27)18-11-10-14-4-1-5-15(14)13-18)23-21-19-8-2-6-16(19)12-17-7-3-9-20(17)21/h10-13H,1-9H2,(H2,23,24,25). The van der Waals surface area contributed by atoms with Crippen molar-refractivity contribution in [3.05, 3.63) is 57.6 Å². The van der Waals surface area contributed by atoms with Gasteiger partial charge in [0.15, 0.2) is 0 Å². The molecule has 5 nitrogen and oxygen atoms in total. The maximum Gasteiger partial charge on any atom is 0.333 e. The summed E-state index contributed by atoms with van der Waals surface area (Å²) in [5, 5.41) is 2.89. The molecule has 3 aliphatic rings. The lowest BCUT2D eigenvalue weighted by Gasteiger charge is -2.16. The van der Waals surface area contributed by atoms with E-state index in [1.165, 1.54) is 27.8 Å². The normalized spacial score (nSPS) is 17.1. The number of carbonyl (C=O) groups excluding carboxylic acids is 1. The number of nitrogens with one attached hydrogen (secondary N) is 2. The topological polar surface area (TPSA) is 75.3 Å². The van der Waals surface area contributed by atoms with E-state index in [4.69, 9.17) is 0 Å². The minimum Gasteiger partial charge on any atom is -0.307 e. The van der Waals surface area contributed by atoms with Crippen LogP contribution in [-0.4, -0.2) is 14.4 Å². The van der Waals surface area contributed by atoms with Gasteiger partial charge in [-0.2, -0.15) is 0 Å². The molecular weight excluding hydrogens is 372 g/mol. The van der Waals surface area contributed by atoms with E-state index in [0.29, 0.717) is 0 Å². The number of urea groups is 1. The first kappa shape index (κ1) is 17.7. The van der Waals surface area contributed by atoms with E-state index in [1.807, 2.05) is 6.07 Å². The van der Waals surface area contributed by atoms with E-state index in [1.54, 1.807) is 12.1 Å². The fourth-order valence-electron chi connectivity index (χ4n) is 5.00. The third kappa shape index (κ3) is 3.00. The van der Waals surface area contributed by atoms with Gasteiger partial charge in [0, 0.05) is 5.69 Å². The van der Waals surface area contributed by atoms with Gasteiger partial charge >= 0.3 is 6.03 Å². The molecule has 0 bridgehead atoms. The zero-order valence-corrected chi connectivity index (χ0v) is 16.6. The van der Waals surface area contributed by atoms with E-state index in [0.717, 1.165) is 69.0 Å². The molecule has 0 atom stereocenters. The third-order valence-corrected chi connectivity index (χ3v) is 7.65. The Kier molecular flexibility index (Phi) is 4.19. The number of hydrogen-bond donors (Lipinski definition) is 2. The van der Waals surface area contributed by atoms with Crippen LogP contribution in [0.5, 0.6) is 0 Å². The van der Waals surface area contributed by atoms with Crippen LogP contribution in [0.1, 0.15) is 52.6 Å². The summed E-state index contributed by atoms with van der Waals surface area (Å²) >= 11 is 0. The van der Waals surface area contributed by atoms with Gasteiger partial charge in [0.25, 0.3) is 10.0 Å². The van der Waals surface area contributed by atoms with Crippen molar-refractivity contribution in [2.75, 3.05) is 5.32 Å². The van der Waals surface area contributed by atoms with Gasteiger partial charge in [0.1, 0.15) is 0 Å². The summed E-state index contributed by atoms with van der Waals surface area (Å²) in [6, 6.07) is 6.78. The van der Waals surface area contributed by atoms with Crippen molar-refractivity contribution in [3.63, 3.8) is 0 Å². The largest absolute Gasteiger partial charge is 0.333 e. The van der Waals surface area contributed by atoms with Crippen LogP contribution in [0.4, 0.5) is 10.5 Å². The van der Waals surface area contributed by atoms with E-state index >= 15 is 0 Å². The van der Waals surface area contributed by atoms with Crippen LogP contribution in [0.15, 0.2) is 29.2 Å². The molecule has 28 heavy (non-hydrogen) atoms. The quantitative estimate of drug-likeness (QED) is 0.831. The lowest BCUT2D eigenvalue weighted by molar-refractivity contribution is 0.256. The van der Waals surface area contributed by atoms with Crippen molar-refractivity contribution in [3.8, 4) is 0 Å². The molecule has 0 saturated heterocycles. The summed E-state index contributed by atoms with van der Waals surface area (Å²) < 4.78 is 27.7. The molecule has 0 fully saturated rings. The summed E-state index contributed by atoms with van der Waals surface area (Å²) in [4.78, 5) is 12.8. The van der Waals surface area contributed by atoms with Crippen LogP contribution in [0.3, 0.4) is 0 Å². The smallest absolute Gasteiger partial charge is 0.307 e. The molecule has 0 spiro atoms. The van der Waals surface area contributed by atoms with Gasteiger partial charge in [-0.25, -0.2) is 17.9 Å². The second-order valence-electron chi connectivity index (χ2n) is 8.08. The summed E-state index contributed by atoms with van der Waals surface area (Å²) in [7, 11) is -3.89. The number of carbonyl (C=O) groups is 1. The highest BCUT2D eigenvalue weighted by Crippen LogP contribution is 2.38.